The van der Waals surface area contributed by atoms with Crippen molar-refractivity contribution in [1.29, 1.82) is 0 Å². The molecule has 1 aliphatic carbocycles. The smallest absolute Gasteiger partial charge is 0.183 e. The quantitative estimate of drug-likeness (QED) is 0.687. The van der Waals surface area contributed by atoms with Crippen LogP contribution in [0, 0.1) is 17.0 Å². The summed E-state index contributed by atoms with van der Waals surface area (Å²) in [6.07, 6.45) is 2.32. The van der Waals surface area contributed by atoms with Crippen molar-refractivity contribution in [2.45, 2.75) is 12.8 Å². The van der Waals surface area contributed by atoms with Gasteiger partial charge in [-0.3, -0.25) is 0 Å². The molecule has 0 saturated heterocycles. The van der Waals surface area contributed by atoms with Crippen molar-refractivity contribution in [1.82, 2.24) is 0 Å². The van der Waals surface area contributed by atoms with Crippen molar-refractivity contribution in [3.63, 3.8) is 0 Å². The first-order valence-corrected chi connectivity index (χ1v) is 5.16. The van der Waals surface area contributed by atoms with Crippen LogP contribution in [0.4, 0.5) is 20.2 Å². The van der Waals surface area contributed by atoms with Gasteiger partial charge in [0.25, 0.3) is 0 Å². The van der Waals surface area contributed by atoms with E-state index in [1.54, 1.807) is 6.07 Å². The fourth-order valence-corrected chi connectivity index (χ4v) is 2.02. The molecular formula is C11H12F2N2. The highest BCUT2D eigenvalue weighted by molar-refractivity contribution is 5.70. The topological polar surface area (TPSA) is 24.1 Å². The van der Waals surface area contributed by atoms with E-state index in [0.717, 1.165) is 32.0 Å². The van der Waals surface area contributed by atoms with Gasteiger partial charge in [0.05, 0.1) is 11.4 Å². The van der Waals surface area contributed by atoms with Gasteiger partial charge < -0.3 is 10.6 Å². The molecule has 1 heterocycles. The Bertz CT molecular complexity index is 413. The van der Waals surface area contributed by atoms with Crippen molar-refractivity contribution >= 4 is 11.4 Å². The number of rotatable bonds is 0. The Morgan fingerprint density at radius 1 is 1.07 bits per heavy atom. The van der Waals surface area contributed by atoms with Crippen LogP contribution < -0.4 is 10.6 Å². The van der Waals surface area contributed by atoms with Crippen LogP contribution in [0.25, 0.3) is 0 Å². The van der Waals surface area contributed by atoms with Gasteiger partial charge in [-0.2, -0.15) is 0 Å². The van der Waals surface area contributed by atoms with E-state index in [-0.39, 0.29) is 11.1 Å². The maximum absolute atomic E-state index is 13.5. The molecule has 0 atom stereocenters. The van der Waals surface area contributed by atoms with Crippen molar-refractivity contribution < 1.29 is 8.78 Å². The number of fused-ring (bicyclic) bond motifs is 1. The van der Waals surface area contributed by atoms with E-state index in [9.17, 15) is 8.78 Å². The van der Waals surface area contributed by atoms with Crippen molar-refractivity contribution in [2.75, 3.05) is 23.7 Å². The first kappa shape index (κ1) is 8.95. The second-order valence-electron chi connectivity index (χ2n) is 4.49. The molecule has 3 rings (SSSR count). The Balaban J connectivity index is 1.99. The van der Waals surface area contributed by atoms with Crippen molar-refractivity contribution in [3.8, 4) is 0 Å². The van der Waals surface area contributed by atoms with Crippen LogP contribution in [0.3, 0.4) is 0 Å². The lowest BCUT2D eigenvalue weighted by Crippen LogP contribution is -2.19. The maximum atomic E-state index is 13.5. The molecule has 0 amide bonds. The number of hydrogen-bond donors (Lipinski definition) is 2. The predicted octanol–water partition coefficient (Wildman–Crippen LogP) is 2.58. The van der Waals surface area contributed by atoms with Crippen LogP contribution >= 0.6 is 0 Å². The third-order valence-corrected chi connectivity index (χ3v) is 3.35. The van der Waals surface area contributed by atoms with Crippen LogP contribution in [0.2, 0.25) is 0 Å². The van der Waals surface area contributed by atoms with Crippen LogP contribution in [-0.4, -0.2) is 13.1 Å². The molecule has 1 spiro atoms. The highest BCUT2D eigenvalue weighted by atomic mass is 19.2. The van der Waals surface area contributed by atoms with Gasteiger partial charge in [0.1, 0.15) is 0 Å². The summed E-state index contributed by atoms with van der Waals surface area (Å²) in [6.45, 7) is 1.57. The van der Waals surface area contributed by atoms with Crippen LogP contribution in [0.15, 0.2) is 12.1 Å². The molecule has 0 radical (unpaired) electrons. The average molecular weight is 210 g/mol. The van der Waals surface area contributed by atoms with E-state index < -0.39 is 11.6 Å². The third-order valence-electron chi connectivity index (χ3n) is 3.35. The van der Waals surface area contributed by atoms with Gasteiger partial charge >= 0.3 is 0 Å². The van der Waals surface area contributed by atoms with Gasteiger partial charge in [-0.25, -0.2) is 8.78 Å². The molecule has 0 aromatic heterocycles. The Morgan fingerprint density at radius 2 is 1.80 bits per heavy atom. The van der Waals surface area contributed by atoms with E-state index in [0.29, 0.717) is 5.69 Å². The summed E-state index contributed by atoms with van der Waals surface area (Å²) in [5, 5.41) is 6.19. The second kappa shape index (κ2) is 2.84. The molecular weight excluding hydrogens is 198 g/mol. The van der Waals surface area contributed by atoms with E-state index in [1.807, 2.05) is 0 Å². The van der Waals surface area contributed by atoms with Gasteiger partial charge in [-0.15, -0.1) is 0 Å². The molecule has 1 fully saturated rings. The molecule has 1 aromatic carbocycles. The fraction of sp³-hybridized carbons (Fsp3) is 0.455. The molecule has 1 aliphatic heterocycles. The van der Waals surface area contributed by atoms with Gasteiger partial charge in [0, 0.05) is 18.5 Å². The molecule has 1 aromatic rings. The zero-order valence-corrected chi connectivity index (χ0v) is 8.24. The highest BCUT2D eigenvalue weighted by Gasteiger charge is 2.43. The zero-order valence-electron chi connectivity index (χ0n) is 8.24. The number of nitrogens with one attached hydrogen (secondary N) is 2. The monoisotopic (exact) mass is 210 g/mol. The fourth-order valence-electron chi connectivity index (χ4n) is 2.02. The maximum Gasteiger partial charge on any atom is 0.183 e. The molecule has 2 nitrogen and oxygen atoms in total. The summed E-state index contributed by atoms with van der Waals surface area (Å²) in [4.78, 5) is 0. The van der Waals surface area contributed by atoms with E-state index in [4.69, 9.17) is 0 Å². The molecule has 2 aliphatic rings. The Labute approximate surface area is 86.7 Å². The second-order valence-corrected chi connectivity index (χ2v) is 4.49. The first-order chi connectivity index (χ1) is 7.20. The predicted molar refractivity (Wildman–Crippen MR) is 55.0 cm³/mol. The number of benzene rings is 1. The molecule has 80 valence electrons. The van der Waals surface area contributed by atoms with Gasteiger partial charge in [0.15, 0.2) is 11.6 Å². The number of halogens is 2. The van der Waals surface area contributed by atoms with E-state index in [2.05, 4.69) is 10.6 Å². The molecule has 1 saturated carbocycles. The van der Waals surface area contributed by atoms with Crippen LogP contribution in [-0.2, 0) is 0 Å². The van der Waals surface area contributed by atoms with Crippen LogP contribution in [0.5, 0.6) is 0 Å². The minimum Gasteiger partial charge on any atom is -0.383 e. The number of anilines is 2. The third kappa shape index (κ3) is 1.35. The molecule has 0 unspecified atom stereocenters. The number of hydrogen-bond acceptors (Lipinski definition) is 2. The minimum atomic E-state index is -0.796. The summed E-state index contributed by atoms with van der Waals surface area (Å²) in [5.41, 5.74) is 1.21. The SMILES string of the molecule is Fc1ccc2c(c1F)NCC1(CC1)CN2. The Hall–Kier alpha value is -1.32. The Morgan fingerprint density at radius 3 is 2.53 bits per heavy atom. The summed E-state index contributed by atoms with van der Waals surface area (Å²) in [6, 6.07) is 2.75. The minimum absolute atomic E-state index is 0.266. The molecule has 0 bridgehead atoms. The van der Waals surface area contributed by atoms with E-state index >= 15 is 0 Å². The van der Waals surface area contributed by atoms with E-state index in [1.165, 1.54) is 0 Å². The molecule has 4 heteroatoms. The molecule has 15 heavy (non-hydrogen) atoms. The average Bonchev–Trinajstić information content (AvgIpc) is 3.02. The van der Waals surface area contributed by atoms with Gasteiger partial charge in [0.2, 0.25) is 0 Å². The van der Waals surface area contributed by atoms with Crippen LogP contribution in [0.1, 0.15) is 12.8 Å². The lowest BCUT2D eigenvalue weighted by molar-refractivity contribution is 0.510. The zero-order chi connectivity index (χ0) is 10.5. The van der Waals surface area contributed by atoms with Crippen molar-refractivity contribution in [3.05, 3.63) is 23.8 Å². The normalized spacial score (nSPS) is 21.2. The lowest BCUT2D eigenvalue weighted by atomic mass is 10.1. The van der Waals surface area contributed by atoms with Gasteiger partial charge in [-0.1, -0.05) is 0 Å². The summed E-state index contributed by atoms with van der Waals surface area (Å²) >= 11 is 0. The van der Waals surface area contributed by atoms with Crippen molar-refractivity contribution in [2.24, 2.45) is 5.41 Å². The Kier molecular flexibility index (Phi) is 1.69. The van der Waals surface area contributed by atoms with Gasteiger partial charge in [-0.05, 0) is 25.0 Å². The summed E-state index contributed by atoms with van der Waals surface area (Å²) in [5.74, 6) is -1.58. The first-order valence-electron chi connectivity index (χ1n) is 5.16. The highest BCUT2D eigenvalue weighted by Crippen LogP contribution is 2.48. The largest absolute Gasteiger partial charge is 0.383 e. The summed E-state index contributed by atoms with van der Waals surface area (Å²) in [7, 11) is 0. The molecule has 2 N–H and O–H groups in total. The summed E-state index contributed by atoms with van der Waals surface area (Å²) < 4.78 is 26.5. The lowest BCUT2D eigenvalue weighted by Gasteiger charge is -2.10. The standard InChI is InChI=1S/C11H12F2N2/c12-7-1-2-8-10(9(7)13)15-6-11(3-4-11)5-14-8/h1-2,14-15H,3-6H2.